The van der Waals surface area contributed by atoms with E-state index in [9.17, 15) is 29.4 Å². The van der Waals surface area contributed by atoms with Gasteiger partial charge in [-0.2, -0.15) is 0 Å². The number of carboxylic acid groups (broad SMARTS) is 1. The molecule has 13 heteroatoms. The van der Waals surface area contributed by atoms with E-state index in [1.165, 1.54) is 12.1 Å². The van der Waals surface area contributed by atoms with Gasteiger partial charge in [-0.1, -0.05) is 26.0 Å². The van der Waals surface area contributed by atoms with Crippen molar-refractivity contribution in [2.24, 2.45) is 28.1 Å². The van der Waals surface area contributed by atoms with Crippen LogP contribution in [0.1, 0.15) is 38.7 Å². The van der Waals surface area contributed by atoms with Crippen LogP contribution in [0.5, 0.6) is 5.75 Å². The molecule has 11 N–H and O–H groups in total. The van der Waals surface area contributed by atoms with Crippen LogP contribution in [0.25, 0.3) is 0 Å². The maximum atomic E-state index is 12.9. The molecular weight excluding hydrogens is 470 g/mol. The average molecular weight is 508 g/mol. The minimum atomic E-state index is -1.17. The number of phenols is 1. The molecule has 0 saturated heterocycles. The first kappa shape index (κ1) is 30.2. The number of amides is 3. The fourth-order valence-corrected chi connectivity index (χ4v) is 3.24. The number of hydrogen-bond acceptors (Lipinski definition) is 7. The Balaban J connectivity index is 2.80. The second-order valence-corrected chi connectivity index (χ2v) is 8.79. The number of hydrogen-bond donors (Lipinski definition) is 8. The third kappa shape index (κ3) is 12.0. The number of guanidine groups is 1. The van der Waals surface area contributed by atoms with Crippen molar-refractivity contribution >= 4 is 29.7 Å². The number of aliphatic carboxylic acids is 1. The summed E-state index contributed by atoms with van der Waals surface area (Å²) in [5.41, 5.74) is 17.1. The van der Waals surface area contributed by atoms with Crippen molar-refractivity contribution in [1.82, 2.24) is 16.0 Å². The van der Waals surface area contributed by atoms with Crippen molar-refractivity contribution in [3.8, 4) is 5.75 Å². The lowest BCUT2D eigenvalue weighted by molar-refractivity contribution is -0.142. The van der Waals surface area contributed by atoms with Crippen LogP contribution in [-0.4, -0.2) is 71.1 Å². The van der Waals surface area contributed by atoms with Gasteiger partial charge in [0.25, 0.3) is 0 Å². The van der Waals surface area contributed by atoms with Crippen LogP contribution < -0.4 is 33.2 Å². The summed E-state index contributed by atoms with van der Waals surface area (Å²) in [6, 6.07) is 2.97. The van der Waals surface area contributed by atoms with Gasteiger partial charge in [0.15, 0.2) is 5.96 Å². The molecule has 13 nitrogen and oxygen atoms in total. The van der Waals surface area contributed by atoms with Crippen LogP contribution in [-0.2, 0) is 25.6 Å². The van der Waals surface area contributed by atoms with Gasteiger partial charge in [0.1, 0.15) is 17.8 Å². The molecule has 3 amide bonds. The monoisotopic (exact) mass is 507 g/mol. The summed E-state index contributed by atoms with van der Waals surface area (Å²) in [5.74, 6) is -3.08. The summed E-state index contributed by atoms with van der Waals surface area (Å²) in [7, 11) is 0. The molecule has 3 unspecified atom stereocenters. The number of nitrogens with two attached hydrogens (primary N) is 3. The predicted octanol–water partition coefficient (Wildman–Crippen LogP) is -1.47. The Morgan fingerprint density at radius 1 is 1.00 bits per heavy atom. The van der Waals surface area contributed by atoms with Gasteiger partial charge < -0.3 is 43.4 Å². The highest BCUT2D eigenvalue weighted by atomic mass is 16.4. The standard InChI is InChI=1S/C23H37N7O6/c1-13(2)10-18(22(35)36)29-19(32)12-28-21(34)17(11-14-5-7-15(31)8-6-14)30-20(33)16(24)4-3-9-27-23(25)26/h5-8,13,16-18,31H,3-4,9-12,24H2,1-2H3,(H,28,34)(H,29,32)(H,30,33)(H,35,36)(H4,25,26,27). The third-order valence-electron chi connectivity index (χ3n) is 5.08. The highest BCUT2D eigenvalue weighted by Gasteiger charge is 2.26. The molecule has 0 aliphatic rings. The van der Waals surface area contributed by atoms with E-state index >= 15 is 0 Å². The van der Waals surface area contributed by atoms with Gasteiger partial charge in [-0.25, -0.2) is 4.79 Å². The molecule has 1 rings (SSSR count). The number of phenolic OH excluding ortho intramolecular Hbond substituents is 1. The number of aromatic hydroxyl groups is 1. The normalized spacial score (nSPS) is 13.2. The van der Waals surface area contributed by atoms with Crippen molar-refractivity contribution in [1.29, 1.82) is 0 Å². The number of benzene rings is 1. The van der Waals surface area contributed by atoms with Gasteiger partial charge in [0.2, 0.25) is 17.7 Å². The Morgan fingerprint density at radius 3 is 2.19 bits per heavy atom. The number of nitrogens with zero attached hydrogens (tertiary/aromatic N) is 1. The van der Waals surface area contributed by atoms with E-state index in [1.807, 2.05) is 13.8 Å². The summed E-state index contributed by atoms with van der Waals surface area (Å²) < 4.78 is 0. The summed E-state index contributed by atoms with van der Waals surface area (Å²) in [6.45, 7) is 3.47. The SMILES string of the molecule is CC(C)CC(NC(=O)CNC(=O)C(Cc1ccc(O)cc1)NC(=O)C(N)CCCN=C(N)N)C(=O)O. The zero-order valence-electron chi connectivity index (χ0n) is 20.6. The molecule has 0 heterocycles. The Labute approximate surface area is 209 Å². The quantitative estimate of drug-likeness (QED) is 0.0784. The van der Waals surface area contributed by atoms with E-state index in [0.29, 0.717) is 18.5 Å². The van der Waals surface area contributed by atoms with E-state index in [2.05, 4.69) is 20.9 Å². The van der Waals surface area contributed by atoms with Gasteiger partial charge in [-0.15, -0.1) is 0 Å². The molecule has 0 aliphatic carbocycles. The smallest absolute Gasteiger partial charge is 0.326 e. The number of carbonyl (C=O) groups is 4. The van der Waals surface area contributed by atoms with Crippen LogP contribution in [0.2, 0.25) is 0 Å². The molecule has 3 atom stereocenters. The highest BCUT2D eigenvalue weighted by Crippen LogP contribution is 2.12. The maximum Gasteiger partial charge on any atom is 0.326 e. The van der Waals surface area contributed by atoms with Crippen LogP contribution in [0.4, 0.5) is 0 Å². The first-order valence-corrected chi connectivity index (χ1v) is 11.6. The van der Waals surface area contributed by atoms with Crippen LogP contribution >= 0.6 is 0 Å². The Bertz CT molecular complexity index is 916. The molecule has 0 saturated carbocycles. The third-order valence-corrected chi connectivity index (χ3v) is 5.08. The van der Waals surface area contributed by atoms with Crippen molar-refractivity contribution in [2.45, 2.75) is 57.7 Å². The summed E-state index contributed by atoms with van der Waals surface area (Å²) in [6.07, 6.45) is 1.01. The lowest BCUT2D eigenvalue weighted by Gasteiger charge is -2.21. The van der Waals surface area contributed by atoms with Gasteiger partial charge in [-0.05, 0) is 42.9 Å². The summed E-state index contributed by atoms with van der Waals surface area (Å²) in [5, 5.41) is 26.2. The summed E-state index contributed by atoms with van der Waals surface area (Å²) in [4.78, 5) is 52.9. The zero-order chi connectivity index (χ0) is 27.3. The molecule has 200 valence electrons. The fourth-order valence-electron chi connectivity index (χ4n) is 3.24. The largest absolute Gasteiger partial charge is 0.508 e. The van der Waals surface area contributed by atoms with Crippen molar-refractivity contribution < 1.29 is 29.4 Å². The van der Waals surface area contributed by atoms with Crippen molar-refractivity contribution in [3.63, 3.8) is 0 Å². The summed E-state index contributed by atoms with van der Waals surface area (Å²) >= 11 is 0. The minimum Gasteiger partial charge on any atom is -0.508 e. The number of nitrogens with one attached hydrogen (secondary N) is 3. The van der Waals surface area contributed by atoms with Gasteiger partial charge in [-0.3, -0.25) is 19.4 Å². The molecule has 0 fully saturated rings. The first-order chi connectivity index (χ1) is 16.9. The van der Waals surface area contributed by atoms with Crippen molar-refractivity contribution in [3.05, 3.63) is 29.8 Å². The molecule has 0 bridgehead atoms. The minimum absolute atomic E-state index is 0.0366. The second-order valence-electron chi connectivity index (χ2n) is 8.79. The zero-order valence-corrected chi connectivity index (χ0v) is 20.6. The molecule has 0 spiro atoms. The number of rotatable bonds is 15. The van der Waals surface area contributed by atoms with Crippen LogP contribution in [0, 0.1) is 5.92 Å². The molecule has 0 aliphatic heterocycles. The van der Waals surface area contributed by atoms with E-state index in [4.69, 9.17) is 17.2 Å². The van der Waals surface area contributed by atoms with Crippen molar-refractivity contribution in [2.75, 3.05) is 13.1 Å². The number of carbonyl (C=O) groups excluding carboxylic acids is 3. The molecule has 0 aromatic heterocycles. The first-order valence-electron chi connectivity index (χ1n) is 11.6. The molecule has 1 aromatic carbocycles. The average Bonchev–Trinajstić information content (AvgIpc) is 2.80. The lowest BCUT2D eigenvalue weighted by atomic mass is 10.0. The van der Waals surface area contributed by atoms with E-state index in [-0.39, 0.29) is 36.9 Å². The van der Waals surface area contributed by atoms with Gasteiger partial charge >= 0.3 is 5.97 Å². The van der Waals surface area contributed by atoms with Gasteiger partial charge in [0, 0.05) is 13.0 Å². The number of aliphatic imine (C=N–C) groups is 1. The topological polar surface area (TPSA) is 235 Å². The Morgan fingerprint density at radius 2 is 1.64 bits per heavy atom. The highest BCUT2D eigenvalue weighted by molar-refractivity contribution is 5.92. The van der Waals surface area contributed by atoms with Gasteiger partial charge in [0.05, 0.1) is 12.6 Å². The molecular formula is C23H37N7O6. The van der Waals surface area contributed by atoms with Crippen LogP contribution in [0.3, 0.4) is 0 Å². The maximum absolute atomic E-state index is 12.9. The van der Waals surface area contributed by atoms with Crippen LogP contribution in [0.15, 0.2) is 29.3 Å². The molecule has 1 aromatic rings. The fraction of sp³-hybridized carbons (Fsp3) is 0.522. The Kier molecular flexibility index (Phi) is 12.7. The van der Waals surface area contributed by atoms with E-state index < -0.39 is 48.4 Å². The predicted molar refractivity (Wildman–Crippen MR) is 134 cm³/mol. The second kappa shape index (κ2) is 15.2. The molecule has 36 heavy (non-hydrogen) atoms. The van der Waals surface area contributed by atoms with E-state index in [1.54, 1.807) is 12.1 Å². The lowest BCUT2D eigenvalue weighted by Crippen LogP contribution is -2.54. The van der Waals surface area contributed by atoms with E-state index in [0.717, 1.165) is 0 Å². The number of carboxylic acids is 1. The Hall–Kier alpha value is -3.87. The molecule has 0 radical (unpaired) electrons.